The third-order valence-electron chi connectivity index (χ3n) is 6.31. The molecule has 0 spiro atoms. The highest BCUT2D eigenvalue weighted by Gasteiger charge is 2.32. The van der Waals surface area contributed by atoms with E-state index in [1.54, 1.807) is 0 Å². The number of aliphatic hydroxyl groups is 1. The van der Waals surface area contributed by atoms with E-state index in [0.717, 1.165) is 57.3 Å². The van der Waals surface area contributed by atoms with Crippen molar-refractivity contribution in [1.29, 1.82) is 0 Å². The van der Waals surface area contributed by atoms with Crippen LogP contribution in [0.3, 0.4) is 0 Å². The van der Waals surface area contributed by atoms with E-state index in [1.807, 2.05) is 0 Å². The highest BCUT2D eigenvalue weighted by molar-refractivity contribution is 6.22. The number of hydrogen-bond donors (Lipinski definition) is 1. The number of aliphatic hydroxyl groups excluding tert-OH is 1. The Morgan fingerprint density at radius 1 is 0.963 bits per heavy atom. The summed E-state index contributed by atoms with van der Waals surface area (Å²) in [6.45, 7) is 8.11. The Morgan fingerprint density at radius 2 is 1.59 bits per heavy atom. The van der Waals surface area contributed by atoms with E-state index in [0.29, 0.717) is 30.1 Å². The van der Waals surface area contributed by atoms with Crippen LogP contribution in [0.4, 0.5) is 0 Å². The van der Waals surface area contributed by atoms with Crippen molar-refractivity contribution in [2.45, 2.75) is 72.1 Å². The first-order valence-electron chi connectivity index (χ1n) is 10.7. The Balaban J connectivity index is 1.90. The Bertz CT molecular complexity index is 685. The highest BCUT2D eigenvalue weighted by Crippen LogP contribution is 2.39. The minimum Gasteiger partial charge on any atom is -0.512 e. The molecule has 0 bridgehead atoms. The maximum atomic E-state index is 13.1. The molecule has 1 atom stereocenters. The van der Waals surface area contributed by atoms with Gasteiger partial charge in [-0.15, -0.1) is 0 Å². The maximum absolute atomic E-state index is 13.1. The first kappa shape index (κ1) is 20.1. The molecule has 1 aromatic rings. The van der Waals surface area contributed by atoms with E-state index in [4.69, 9.17) is 4.74 Å². The molecule has 0 aromatic heterocycles. The van der Waals surface area contributed by atoms with E-state index in [-0.39, 0.29) is 11.7 Å². The Hall–Kier alpha value is -1.61. The second-order valence-corrected chi connectivity index (χ2v) is 8.16. The standard InChI is InChI=1S/C24H34O3/c1-4-16-12-19(5-2)23(20(6-3)13-16)24-21(25)14-18(15-22(24)26)11-17-7-9-27-10-8-17/h12-13,17-18,25H,4-11,14-15H2,1-3H3. The molecule has 148 valence electrons. The fourth-order valence-corrected chi connectivity index (χ4v) is 4.80. The number of ketones is 1. The lowest BCUT2D eigenvalue weighted by atomic mass is 9.76. The molecule has 3 heteroatoms. The van der Waals surface area contributed by atoms with Gasteiger partial charge in [-0.2, -0.15) is 0 Å². The van der Waals surface area contributed by atoms with Crippen LogP contribution in [0.5, 0.6) is 0 Å². The number of allylic oxidation sites excluding steroid dienone is 2. The molecular formula is C24H34O3. The van der Waals surface area contributed by atoms with Gasteiger partial charge in [0.15, 0.2) is 5.78 Å². The third kappa shape index (κ3) is 4.45. The quantitative estimate of drug-likeness (QED) is 0.725. The van der Waals surface area contributed by atoms with Gasteiger partial charge in [-0.25, -0.2) is 0 Å². The molecule has 1 unspecified atom stereocenters. The van der Waals surface area contributed by atoms with E-state index in [2.05, 4.69) is 32.9 Å². The van der Waals surface area contributed by atoms with Gasteiger partial charge in [0.1, 0.15) is 5.76 Å². The normalized spacial score (nSPS) is 21.7. The molecule has 3 nitrogen and oxygen atoms in total. The van der Waals surface area contributed by atoms with Crippen molar-refractivity contribution in [2.24, 2.45) is 11.8 Å². The van der Waals surface area contributed by atoms with Crippen LogP contribution in [-0.2, 0) is 28.8 Å². The number of rotatable bonds is 6. The number of hydrogen-bond acceptors (Lipinski definition) is 3. The Kier molecular flexibility index (Phi) is 6.75. The number of carbonyl (C=O) groups excluding carboxylic acids is 1. The zero-order chi connectivity index (χ0) is 19.4. The van der Waals surface area contributed by atoms with Gasteiger partial charge in [-0.3, -0.25) is 4.79 Å². The minimum absolute atomic E-state index is 0.129. The molecule has 1 fully saturated rings. The summed E-state index contributed by atoms with van der Waals surface area (Å²) in [7, 11) is 0. The van der Waals surface area contributed by atoms with Gasteiger partial charge in [-0.05, 0) is 72.6 Å². The van der Waals surface area contributed by atoms with Crippen LogP contribution in [0.15, 0.2) is 17.9 Å². The molecule has 1 N–H and O–H groups in total. The Morgan fingerprint density at radius 3 is 2.11 bits per heavy atom. The van der Waals surface area contributed by atoms with Crippen molar-refractivity contribution < 1.29 is 14.6 Å². The SMILES string of the molecule is CCc1cc(CC)c(C2=C(O)CC(CC3CCOCC3)CC2=O)c(CC)c1. The van der Waals surface area contributed by atoms with E-state index in [9.17, 15) is 9.90 Å². The van der Waals surface area contributed by atoms with Crippen LogP contribution < -0.4 is 0 Å². The van der Waals surface area contributed by atoms with Crippen molar-refractivity contribution in [3.63, 3.8) is 0 Å². The van der Waals surface area contributed by atoms with Gasteiger partial charge in [0.2, 0.25) is 0 Å². The average molecular weight is 371 g/mol. The predicted molar refractivity (Wildman–Crippen MR) is 110 cm³/mol. The van der Waals surface area contributed by atoms with Gasteiger partial charge in [0.25, 0.3) is 0 Å². The molecule has 1 saturated heterocycles. The van der Waals surface area contributed by atoms with Crippen LogP contribution in [-0.4, -0.2) is 24.1 Å². The second-order valence-electron chi connectivity index (χ2n) is 8.16. The first-order chi connectivity index (χ1) is 13.1. The summed E-state index contributed by atoms with van der Waals surface area (Å²) < 4.78 is 5.45. The van der Waals surface area contributed by atoms with Gasteiger partial charge in [0, 0.05) is 26.1 Å². The number of Topliss-reactive ketones (excluding diaryl/α,β-unsaturated/α-hetero) is 1. The molecular weight excluding hydrogens is 336 g/mol. The smallest absolute Gasteiger partial charge is 0.167 e. The van der Waals surface area contributed by atoms with Gasteiger partial charge in [0.05, 0.1) is 5.57 Å². The summed E-state index contributed by atoms with van der Waals surface area (Å²) in [5.74, 6) is 1.35. The van der Waals surface area contributed by atoms with E-state index >= 15 is 0 Å². The second kappa shape index (κ2) is 9.05. The molecule has 1 aromatic carbocycles. The number of aryl methyl sites for hydroxylation is 3. The lowest BCUT2D eigenvalue weighted by Gasteiger charge is -2.30. The topological polar surface area (TPSA) is 46.5 Å². The number of carbonyl (C=O) groups is 1. The summed E-state index contributed by atoms with van der Waals surface area (Å²) in [6.07, 6.45) is 7.16. The van der Waals surface area contributed by atoms with Crippen LogP contribution in [0.2, 0.25) is 0 Å². The molecule has 0 radical (unpaired) electrons. The molecule has 1 aliphatic carbocycles. The largest absolute Gasteiger partial charge is 0.512 e. The zero-order valence-electron chi connectivity index (χ0n) is 17.1. The van der Waals surface area contributed by atoms with Crippen LogP contribution in [0, 0.1) is 11.8 Å². The van der Waals surface area contributed by atoms with Gasteiger partial charge in [-0.1, -0.05) is 32.9 Å². The minimum atomic E-state index is 0.129. The molecule has 1 aliphatic heterocycles. The summed E-state index contributed by atoms with van der Waals surface area (Å²) in [6, 6.07) is 4.44. The highest BCUT2D eigenvalue weighted by atomic mass is 16.5. The third-order valence-corrected chi connectivity index (χ3v) is 6.31. The van der Waals surface area contributed by atoms with Crippen molar-refractivity contribution in [3.05, 3.63) is 40.1 Å². The molecule has 0 saturated carbocycles. The van der Waals surface area contributed by atoms with Crippen LogP contribution in [0.25, 0.3) is 5.57 Å². The van der Waals surface area contributed by atoms with Gasteiger partial charge < -0.3 is 9.84 Å². The molecule has 0 amide bonds. The summed E-state index contributed by atoms with van der Waals surface area (Å²) in [4.78, 5) is 13.1. The van der Waals surface area contributed by atoms with Crippen molar-refractivity contribution in [2.75, 3.05) is 13.2 Å². The van der Waals surface area contributed by atoms with Gasteiger partial charge >= 0.3 is 0 Å². The fourth-order valence-electron chi connectivity index (χ4n) is 4.80. The first-order valence-corrected chi connectivity index (χ1v) is 10.7. The lowest BCUT2D eigenvalue weighted by molar-refractivity contribution is -0.115. The summed E-state index contributed by atoms with van der Waals surface area (Å²) >= 11 is 0. The van der Waals surface area contributed by atoms with Crippen LogP contribution >= 0.6 is 0 Å². The molecule has 1 heterocycles. The van der Waals surface area contributed by atoms with Crippen molar-refractivity contribution >= 4 is 11.4 Å². The zero-order valence-corrected chi connectivity index (χ0v) is 17.1. The molecule has 27 heavy (non-hydrogen) atoms. The van der Waals surface area contributed by atoms with E-state index in [1.165, 1.54) is 16.7 Å². The van der Waals surface area contributed by atoms with Crippen molar-refractivity contribution in [1.82, 2.24) is 0 Å². The van der Waals surface area contributed by atoms with Crippen LogP contribution in [0.1, 0.15) is 75.1 Å². The molecule has 3 rings (SSSR count). The lowest BCUT2D eigenvalue weighted by Crippen LogP contribution is -2.24. The van der Waals surface area contributed by atoms with E-state index < -0.39 is 0 Å². The summed E-state index contributed by atoms with van der Waals surface area (Å²) in [5, 5.41) is 10.9. The average Bonchev–Trinajstić information content (AvgIpc) is 2.68. The monoisotopic (exact) mass is 370 g/mol. The summed E-state index contributed by atoms with van der Waals surface area (Å²) in [5.41, 5.74) is 5.33. The predicted octanol–water partition coefficient (Wildman–Crippen LogP) is 5.44. The Labute approximate surface area is 163 Å². The molecule has 2 aliphatic rings. The van der Waals surface area contributed by atoms with Crippen molar-refractivity contribution in [3.8, 4) is 0 Å². The fraction of sp³-hybridized carbons (Fsp3) is 0.625. The number of ether oxygens (including phenoxy) is 1. The maximum Gasteiger partial charge on any atom is 0.167 e. The number of benzene rings is 1.